The van der Waals surface area contributed by atoms with Crippen molar-refractivity contribution in [3.8, 4) is 45.5 Å². The minimum Gasteiger partial charge on any atom is -1.00 e. The summed E-state index contributed by atoms with van der Waals surface area (Å²) in [6, 6.07) is 31.1. The van der Waals surface area contributed by atoms with E-state index in [2.05, 4.69) is 19.9 Å². The van der Waals surface area contributed by atoms with Crippen LogP contribution in [0.1, 0.15) is 23.8 Å². The molecule has 266 valence electrons. The molecule has 0 atom stereocenters. The lowest BCUT2D eigenvalue weighted by Gasteiger charge is -2.10. The van der Waals surface area contributed by atoms with E-state index in [0.29, 0.717) is 18.1 Å². The van der Waals surface area contributed by atoms with Gasteiger partial charge in [0.15, 0.2) is 0 Å². The molecule has 51 heavy (non-hydrogen) atoms. The predicted octanol–water partition coefficient (Wildman–Crippen LogP) is 3.92. The minimum absolute atomic E-state index is 0. The Bertz CT molecular complexity index is 1890. The summed E-state index contributed by atoms with van der Waals surface area (Å²) in [6.45, 7) is -0.0623. The number of nitrogens with zero attached hydrogens (tertiary/aromatic N) is 4. The van der Waals surface area contributed by atoms with Gasteiger partial charge in [-0.3, -0.25) is 5.32 Å². The Morgan fingerprint density at radius 3 is 1.80 bits per heavy atom. The number of nitrogens with two attached hydrogens (primary N) is 1. The molecule has 0 aliphatic heterocycles. The highest BCUT2D eigenvalue weighted by Crippen LogP contribution is 2.30. The number of aliphatic hydroxyl groups is 1. The first kappa shape index (κ1) is 38.5. The van der Waals surface area contributed by atoms with Gasteiger partial charge in [-0.1, -0.05) is 30.3 Å². The van der Waals surface area contributed by atoms with Crippen LogP contribution < -0.4 is 36.7 Å². The van der Waals surface area contributed by atoms with Gasteiger partial charge in [-0.15, -0.1) is 11.6 Å². The molecule has 4 aromatic carbocycles. The Hall–Kier alpha value is -5.26. The van der Waals surface area contributed by atoms with Crippen molar-refractivity contribution in [2.75, 3.05) is 28.4 Å². The van der Waals surface area contributed by atoms with E-state index in [-0.39, 0.29) is 20.4 Å². The van der Waals surface area contributed by atoms with Crippen LogP contribution in [0.25, 0.3) is 22.5 Å². The summed E-state index contributed by atoms with van der Waals surface area (Å²) in [5.74, 6) is 4.22. The molecule has 0 saturated carbocycles. The third kappa shape index (κ3) is 9.93. The van der Waals surface area contributed by atoms with Gasteiger partial charge in [0.05, 0.1) is 52.3 Å². The van der Waals surface area contributed by atoms with E-state index in [1.165, 1.54) is 0 Å². The van der Waals surface area contributed by atoms with Crippen molar-refractivity contribution in [1.29, 1.82) is 0 Å². The molecule has 0 aliphatic rings. The summed E-state index contributed by atoms with van der Waals surface area (Å²) < 4.78 is 21.4. The maximum Gasteiger partial charge on any atom is 0.232 e. The molecule has 6 aromatic rings. The SMILES string of the molecule is COc1ccc(Cc2cc(-c3ccccc3OC)ncn2)cc1CO.COc1ccc([NH2+]c2cc(-c3ccccc3OC)ncn2)cc1CCl.[Cl-].[HH]. The van der Waals surface area contributed by atoms with Crippen molar-refractivity contribution >= 4 is 23.1 Å². The van der Waals surface area contributed by atoms with E-state index in [1.807, 2.05) is 102 Å². The molecular weight excluding hydrogens is 689 g/mol. The first-order chi connectivity index (χ1) is 24.5. The summed E-state index contributed by atoms with van der Waals surface area (Å²) >= 11 is 5.99. The van der Waals surface area contributed by atoms with Crippen molar-refractivity contribution < 1.29 is 43.2 Å². The van der Waals surface area contributed by atoms with Gasteiger partial charge in [0.25, 0.3) is 0 Å². The monoisotopic (exact) mass is 729 g/mol. The average molecular weight is 731 g/mol. The Morgan fingerprint density at radius 1 is 0.627 bits per heavy atom. The summed E-state index contributed by atoms with van der Waals surface area (Å²) in [5, 5.41) is 11.5. The number of para-hydroxylation sites is 2. The van der Waals surface area contributed by atoms with Crippen molar-refractivity contribution in [1.82, 2.24) is 19.9 Å². The second-order valence-corrected chi connectivity index (χ2v) is 11.2. The molecule has 0 radical (unpaired) electrons. The number of alkyl halides is 1. The highest BCUT2D eigenvalue weighted by atomic mass is 35.5. The number of methoxy groups -OCH3 is 4. The fourth-order valence-electron chi connectivity index (χ4n) is 5.39. The molecule has 0 bridgehead atoms. The van der Waals surface area contributed by atoms with Crippen LogP contribution >= 0.6 is 11.6 Å². The number of hydrogen-bond donors (Lipinski definition) is 2. The van der Waals surface area contributed by atoms with Crippen LogP contribution in [-0.4, -0.2) is 53.5 Å². The van der Waals surface area contributed by atoms with Crippen molar-refractivity contribution in [2.24, 2.45) is 0 Å². The topological polar surface area (TPSA) is 125 Å². The Morgan fingerprint density at radius 2 is 1.20 bits per heavy atom. The molecule has 6 rings (SSSR count). The van der Waals surface area contributed by atoms with E-state index in [0.717, 1.165) is 73.7 Å². The fraction of sp³-hybridized carbons (Fsp3) is 0.179. The summed E-state index contributed by atoms with van der Waals surface area (Å²) in [4.78, 5) is 17.4. The number of hydrogen-bond acceptors (Lipinski definition) is 9. The number of quaternary nitrogens is 1. The average Bonchev–Trinajstić information content (AvgIpc) is 3.18. The number of ether oxygens (including phenoxy) is 4. The molecule has 0 saturated heterocycles. The fourth-order valence-corrected chi connectivity index (χ4v) is 5.60. The molecule has 12 heteroatoms. The van der Waals surface area contributed by atoms with Crippen LogP contribution in [0, 0.1) is 0 Å². The highest BCUT2D eigenvalue weighted by Gasteiger charge is 2.13. The van der Waals surface area contributed by atoms with Crippen molar-refractivity contribution in [3.63, 3.8) is 0 Å². The van der Waals surface area contributed by atoms with Crippen LogP contribution in [-0.2, 0) is 18.9 Å². The smallest absolute Gasteiger partial charge is 0.232 e. The molecule has 2 heterocycles. The standard InChI is InChI=1S/C20H20N2O3.C19H18ClN3O2.ClH.H2/c1-24-19-8-7-14(9-15(19)12-23)10-16-11-18(22-13-21-16)17-5-3-4-6-20(17)25-2;1-24-17-8-7-14(9-13(17)11-20)23-19-10-16(21-12-22-19)15-5-3-4-6-18(15)25-2;;/h3-9,11,13,23H,10,12H2,1-2H3;3-10,12H,11H2,1-2H3,(H,21,22,23);2*1H. The largest absolute Gasteiger partial charge is 1.00 e. The number of halogens is 2. The van der Waals surface area contributed by atoms with Gasteiger partial charge in [-0.2, -0.15) is 4.98 Å². The van der Waals surface area contributed by atoms with Gasteiger partial charge in [0, 0.05) is 54.0 Å². The second kappa shape index (κ2) is 19.2. The minimum atomic E-state index is -0.0623. The number of aromatic nitrogens is 4. The Labute approximate surface area is 310 Å². The molecule has 10 nitrogen and oxygen atoms in total. The van der Waals surface area contributed by atoms with Crippen LogP contribution in [0.3, 0.4) is 0 Å². The van der Waals surface area contributed by atoms with Crippen LogP contribution in [0.5, 0.6) is 23.0 Å². The first-order valence-electron chi connectivity index (χ1n) is 15.7. The molecule has 0 unspecified atom stereocenters. The summed E-state index contributed by atoms with van der Waals surface area (Å²) in [7, 11) is 6.53. The zero-order valence-corrected chi connectivity index (χ0v) is 30.2. The van der Waals surface area contributed by atoms with Crippen LogP contribution in [0.2, 0.25) is 0 Å². The van der Waals surface area contributed by atoms with Crippen LogP contribution in [0.15, 0.2) is 110 Å². The molecule has 3 N–H and O–H groups in total. The molecular formula is C39H41Cl2N5O5. The van der Waals surface area contributed by atoms with E-state index in [4.69, 9.17) is 30.5 Å². The zero-order chi connectivity index (χ0) is 35.3. The normalized spacial score (nSPS) is 10.3. The van der Waals surface area contributed by atoms with Gasteiger partial charge >= 0.3 is 0 Å². The molecule has 0 fully saturated rings. The van der Waals surface area contributed by atoms with Gasteiger partial charge in [0.2, 0.25) is 5.82 Å². The molecule has 2 aromatic heterocycles. The Kier molecular flexibility index (Phi) is 14.5. The van der Waals surface area contributed by atoms with Crippen LogP contribution in [0.4, 0.5) is 11.5 Å². The molecule has 0 amide bonds. The third-order valence-electron chi connectivity index (χ3n) is 7.84. The van der Waals surface area contributed by atoms with E-state index >= 15 is 0 Å². The van der Waals surface area contributed by atoms with Gasteiger partial charge in [-0.25, -0.2) is 15.0 Å². The Balaban J connectivity index is 0.000000270. The van der Waals surface area contributed by atoms with Gasteiger partial charge < -0.3 is 36.5 Å². The number of rotatable bonds is 12. The highest BCUT2D eigenvalue weighted by molar-refractivity contribution is 6.17. The predicted molar refractivity (Wildman–Crippen MR) is 196 cm³/mol. The molecule has 0 aliphatic carbocycles. The van der Waals surface area contributed by atoms with Crippen molar-refractivity contribution in [3.05, 3.63) is 132 Å². The van der Waals surface area contributed by atoms with Gasteiger partial charge in [0.1, 0.15) is 41.3 Å². The zero-order valence-electron chi connectivity index (χ0n) is 28.7. The van der Waals surface area contributed by atoms with Crippen molar-refractivity contribution in [2.45, 2.75) is 18.9 Å². The number of benzene rings is 4. The van der Waals surface area contributed by atoms with E-state index < -0.39 is 0 Å². The quantitative estimate of drug-likeness (QED) is 0.143. The maximum atomic E-state index is 9.47. The van der Waals surface area contributed by atoms with Gasteiger partial charge in [-0.05, 0) is 54.1 Å². The second-order valence-electron chi connectivity index (χ2n) is 11.0. The van der Waals surface area contributed by atoms with E-state index in [9.17, 15) is 5.11 Å². The molecule has 0 spiro atoms. The summed E-state index contributed by atoms with van der Waals surface area (Å²) in [6.07, 6.45) is 3.76. The number of aliphatic hydroxyl groups excluding tert-OH is 1. The third-order valence-corrected chi connectivity index (χ3v) is 8.13. The maximum absolute atomic E-state index is 9.47. The lowest BCUT2D eigenvalue weighted by molar-refractivity contribution is -0.483. The lowest BCUT2D eigenvalue weighted by atomic mass is 10.0. The lowest BCUT2D eigenvalue weighted by Crippen LogP contribution is -3.00. The summed E-state index contributed by atoms with van der Waals surface area (Å²) in [5.41, 5.74) is 8.14. The first-order valence-corrected chi connectivity index (χ1v) is 16.3. The van der Waals surface area contributed by atoms with E-state index in [1.54, 1.807) is 41.1 Å².